The molecule has 1 fully saturated rings. The van der Waals surface area contributed by atoms with Gasteiger partial charge in [0.2, 0.25) is 11.1 Å². The minimum atomic E-state index is -0.626. The molecule has 0 aliphatic carbocycles. The topological polar surface area (TPSA) is 120 Å². The van der Waals surface area contributed by atoms with Crippen molar-refractivity contribution in [3.8, 4) is 11.5 Å². The lowest BCUT2D eigenvalue weighted by Crippen LogP contribution is -2.43. The zero-order chi connectivity index (χ0) is 31.2. The van der Waals surface area contributed by atoms with E-state index >= 15 is 0 Å². The second-order valence-corrected chi connectivity index (χ2v) is 12.4. The minimum absolute atomic E-state index is 0.122. The van der Waals surface area contributed by atoms with Crippen LogP contribution in [0.4, 0.5) is 11.6 Å². The van der Waals surface area contributed by atoms with Gasteiger partial charge >= 0.3 is 0 Å². The highest BCUT2D eigenvalue weighted by Gasteiger charge is 2.35. The van der Waals surface area contributed by atoms with Crippen LogP contribution in [0.3, 0.4) is 0 Å². The molecule has 2 amide bonds. The lowest BCUT2D eigenvalue weighted by Gasteiger charge is -2.29. The van der Waals surface area contributed by atoms with Gasteiger partial charge in [0, 0.05) is 30.2 Å². The molecule has 5 rings (SSSR count). The molecule has 1 aromatic heterocycles. The van der Waals surface area contributed by atoms with Crippen molar-refractivity contribution < 1.29 is 23.8 Å². The summed E-state index contributed by atoms with van der Waals surface area (Å²) in [7, 11) is 0. The molecule has 13 heteroatoms. The molecule has 2 aromatic carbocycles. The summed E-state index contributed by atoms with van der Waals surface area (Å²) in [5.74, 6) is 1.89. The molecule has 44 heavy (non-hydrogen) atoms. The molecule has 0 bridgehead atoms. The van der Waals surface area contributed by atoms with E-state index in [0.717, 1.165) is 23.3 Å². The Balaban J connectivity index is 1.52. The lowest BCUT2D eigenvalue weighted by molar-refractivity contribution is -0.137. The summed E-state index contributed by atoms with van der Waals surface area (Å²) in [5, 5.41) is 11.8. The summed E-state index contributed by atoms with van der Waals surface area (Å²) in [6, 6.07) is 10.8. The number of benzene rings is 2. The Morgan fingerprint density at radius 1 is 1.16 bits per heavy atom. The van der Waals surface area contributed by atoms with Crippen LogP contribution in [0, 0.1) is 6.92 Å². The smallest absolute Gasteiger partial charge is 0.260 e. The third-order valence-electron chi connectivity index (χ3n) is 7.14. The number of nitrogens with one attached hydrogen (secondary N) is 2. The number of fused-ring (bicyclic) bond motifs is 1. The summed E-state index contributed by atoms with van der Waals surface area (Å²) >= 11 is 5.23. The fourth-order valence-corrected chi connectivity index (χ4v) is 6.35. The number of ether oxygens (including phenoxy) is 3. The van der Waals surface area contributed by atoms with Crippen LogP contribution < -0.4 is 20.1 Å². The molecule has 2 N–H and O–H groups in total. The Bertz CT molecular complexity index is 1550. The molecule has 2 aliphatic rings. The monoisotopic (exact) mass is 684 g/mol. The molecule has 3 aromatic rings. The number of amides is 2. The Labute approximate surface area is 269 Å². The largest absolute Gasteiger partial charge is 0.490 e. The first-order valence-electron chi connectivity index (χ1n) is 14.7. The standard InChI is InChI=1S/C31H37BrN6O5S/c1-5-14-44-31-35-30-33-20(4)26(29(40)34-22-9-7-8-19(3)15-22)27(38(30)36-31)21-16-23(32)28(24(17-21)42-6-2)43-18-25(39)37-10-12-41-13-11-37/h7-9,15-17,27H,5-6,10-14,18H2,1-4H3,(H,34,40)(H,33,35,36). The van der Waals surface area contributed by atoms with Crippen molar-refractivity contribution in [2.24, 2.45) is 0 Å². The first kappa shape index (κ1) is 31.9. The highest BCUT2D eigenvalue weighted by molar-refractivity contribution is 9.10. The van der Waals surface area contributed by atoms with Crippen LogP contribution in [0.15, 0.2) is 57.3 Å². The third-order valence-corrected chi connectivity index (χ3v) is 8.77. The molecule has 234 valence electrons. The van der Waals surface area contributed by atoms with Crippen LogP contribution in [0.2, 0.25) is 0 Å². The van der Waals surface area contributed by atoms with Gasteiger partial charge in [0.1, 0.15) is 6.04 Å². The number of anilines is 2. The lowest BCUT2D eigenvalue weighted by atomic mass is 9.94. The molecule has 1 saturated heterocycles. The van der Waals surface area contributed by atoms with Crippen molar-refractivity contribution in [3.63, 3.8) is 0 Å². The zero-order valence-corrected chi connectivity index (χ0v) is 27.7. The molecule has 1 unspecified atom stereocenters. The number of allylic oxidation sites excluding steroid dienone is 1. The van der Waals surface area contributed by atoms with Gasteiger partial charge in [0.05, 0.1) is 29.9 Å². The van der Waals surface area contributed by atoms with Crippen molar-refractivity contribution >= 4 is 51.1 Å². The Morgan fingerprint density at radius 2 is 1.95 bits per heavy atom. The number of morpholine rings is 1. The second-order valence-electron chi connectivity index (χ2n) is 10.4. The Kier molecular flexibility index (Phi) is 10.5. The quantitative estimate of drug-likeness (QED) is 0.255. The molecule has 0 spiro atoms. The molecular formula is C31H37BrN6O5S. The number of halogens is 1. The fraction of sp³-hybridized carbons (Fsp3) is 0.419. The molecule has 0 saturated carbocycles. The van der Waals surface area contributed by atoms with Crippen LogP contribution in [0.25, 0.3) is 0 Å². The van der Waals surface area contributed by atoms with Crippen LogP contribution in [-0.4, -0.2) is 76.7 Å². The van der Waals surface area contributed by atoms with Gasteiger partial charge in [-0.15, -0.1) is 5.10 Å². The number of carbonyl (C=O) groups is 2. The summed E-state index contributed by atoms with van der Waals surface area (Å²) < 4.78 is 19.8. The first-order valence-corrected chi connectivity index (χ1v) is 16.5. The number of hydrogen-bond donors (Lipinski definition) is 2. The average molecular weight is 686 g/mol. The van der Waals surface area contributed by atoms with E-state index in [0.29, 0.717) is 76.9 Å². The Morgan fingerprint density at radius 3 is 2.68 bits per heavy atom. The van der Waals surface area contributed by atoms with E-state index < -0.39 is 6.04 Å². The van der Waals surface area contributed by atoms with Gasteiger partial charge in [-0.1, -0.05) is 30.8 Å². The maximum Gasteiger partial charge on any atom is 0.260 e. The van der Waals surface area contributed by atoms with Gasteiger partial charge in [-0.05, 0) is 78.5 Å². The van der Waals surface area contributed by atoms with Gasteiger partial charge in [0.15, 0.2) is 18.1 Å². The number of aryl methyl sites for hydroxylation is 1. The van der Waals surface area contributed by atoms with Crippen LogP contribution in [0.1, 0.15) is 44.4 Å². The summed E-state index contributed by atoms with van der Waals surface area (Å²) in [5.41, 5.74) is 3.62. The number of aromatic nitrogens is 3. The van der Waals surface area contributed by atoms with Gasteiger partial charge < -0.3 is 29.7 Å². The van der Waals surface area contributed by atoms with Crippen LogP contribution in [-0.2, 0) is 14.3 Å². The van der Waals surface area contributed by atoms with Gasteiger partial charge in [-0.2, -0.15) is 4.98 Å². The molecule has 3 heterocycles. The van der Waals surface area contributed by atoms with Crippen molar-refractivity contribution in [2.45, 2.75) is 45.3 Å². The number of rotatable bonds is 11. The number of carbonyl (C=O) groups excluding carboxylic acids is 2. The molecular weight excluding hydrogens is 648 g/mol. The van der Waals surface area contributed by atoms with E-state index in [1.807, 2.05) is 57.2 Å². The van der Waals surface area contributed by atoms with Crippen molar-refractivity contribution in [2.75, 3.05) is 55.9 Å². The normalized spacial score (nSPS) is 16.3. The van der Waals surface area contributed by atoms with E-state index in [-0.39, 0.29) is 18.4 Å². The molecule has 2 aliphatic heterocycles. The number of nitrogens with zero attached hydrogens (tertiary/aromatic N) is 4. The minimum Gasteiger partial charge on any atom is -0.490 e. The van der Waals surface area contributed by atoms with Crippen molar-refractivity contribution in [1.82, 2.24) is 19.7 Å². The first-order chi connectivity index (χ1) is 21.3. The van der Waals surface area contributed by atoms with E-state index in [9.17, 15) is 9.59 Å². The second kappa shape index (κ2) is 14.5. The Hall–Kier alpha value is -3.55. The molecule has 0 radical (unpaired) electrons. The van der Waals surface area contributed by atoms with E-state index in [4.69, 9.17) is 24.3 Å². The number of hydrogen-bond acceptors (Lipinski definition) is 9. The molecule has 1 atom stereocenters. The predicted molar refractivity (Wildman–Crippen MR) is 174 cm³/mol. The van der Waals surface area contributed by atoms with Crippen LogP contribution in [0.5, 0.6) is 11.5 Å². The van der Waals surface area contributed by atoms with Gasteiger partial charge in [0.25, 0.3) is 11.8 Å². The van der Waals surface area contributed by atoms with Gasteiger partial charge in [-0.25, -0.2) is 4.68 Å². The zero-order valence-electron chi connectivity index (χ0n) is 25.3. The highest BCUT2D eigenvalue weighted by Crippen LogP contribution is 2.43. The van der Waals surface area contributed by atoms with Crippen molar-refractivity contribution in [3.05, 3.63) is 63.3 Å². The van der Waals surface area contributed by atoms with E-state index in [1.165, 1.54) is 0 Å². The summed E-state index contributed by atoms with van der Waals surface area (Å²) in [6.45, 7) is 10.2. The third kappa shape index (κ3) is 7.22. The fourth-order valence-electron chi connectivity index (χ4n) is 5.10. The van der Waals surface area contributed by atoms with E-state index in [1.54, 1.807) is 21.3 Å². The van der Waals surface area contributed by atoms with Crippen LogP contribution >= 0.6 is 27.7 Å². The SMILES string of the molecule is CCCSc1nc2n(n1)C(c1cc(Br)c(OCC(=O)N3CCOCC3)c(OCC)c1)C(C(=O)Nc1cccc(C)c1)=C(C)N2. The predicted octanol–water partition coefficient (Wildman–Crippen LogP) is 5.42. The van der Waals surface area contributed by atoms with E-state index in [2.05, 4.69) is 33.5 Å². The summed E-state index contributed by atoms with van der Waals surface area (Å²) in [4.78, 5) is 33.2. The highest BCUT2D eigenvalue weighted by atomic mass is 79.9. The maximum absolute atomic E-state index is 14.0. The molecule has 11 nitrogen and oxygen atoms in total. The van der Waals surface area contributed by atoms with Crippen molar-refractivity contribution in [1.29, 1.82) is 0 Å². The van der Waals surface area contributed by atoms with Gasteiger partial charge in [-0.3, -0.25) is 9.59 Å². The average Bonchev–Trinajstić information content (AvgIpc) is 3.41. The maximum atomic E-state index is 14.0. The number of thioether (sulfide) groups is 1. The summed E-state index contributed by atoms with van der Waals surface area (Å²) in [6.07, 6.45) is 0.979.